The van der Waals surface area contributed by atoms with Gasteiger partial charge >= 0.3 is 0 Å². The first-order chi connectivity index (χ1) is 11.7. The molecule has 0 bridgehead atoms. The van der Waals surface area contributed by atoms with Crippen molar-refractivity contribution >= 4 is 23.2 Å². The summed E-state index contributed by atoms with van der Waals surface area (Å²) >= 11 is 1.48. The summed E-state index contributed by atoms with van der Waals surface area (Å²) in [5, 5.41) is 2.71. The van der Waals surface area contributed by atoms with Gasteiger partial charge in [0, 0.05) is 38.0 Å². The molecule has 2 aliphatic rings. The molecule has 8 heteroatoms. The zero-order valence-electron chi connectivity index (χ0n) is 13.9. The molecular formula is C16H25N5O2S. The van der Waals surface area contributed by atoms with E-state index in [0.717, 1.165) is 18.1 Å². The number of hydrogen-bond acceptors (Lipinski definition) is 6. The molecule has 2 N–H and O–H groups in total. The highest BCUT2D eigenvalue weighted by Crippen LogP contribution is 2.14. The predicted octanol–water partition coefficient (Wildman–Crippen LogP) is 0.0245. The topological polar surface area (TPSA) is 82.8 Å². The number of piperazine rings is 1. The maximum Gasteiger partial charge on any atom is 0.273 e. The normalized spacial score (nSPS) is 19.0. The molecule has 24 heavy (non-hydrogen) atoms. The molecule has 0 radical (unpaired) electrons. The van der Waals surface area contributed by atoms with Gasteiger partial charge in [0.1, 0.15) is 5.69 Å². The largest absolute Gasteiger partial charge is 0.338 e. The molecule has 1 aromatic heterocycles. The van der Waals surface area contributed by atoms with Gasteiger partial charge in [0.15, 0.2) is 0 Å². The van der Waals surface area contributed by atoms with Crippen molar-refractivity contribution in [2.75, 3.05) is 52.4 Å². The molecule has 2 amide bonds. The molecule has 7 nitrogen and oxygen atoms in total. The van der Waals surface area contributed by atoms with Gasteiger partial charge in [0.05, 0.1) is 11.6 Å². The van der Waals surface area contributed by atoms with Gasteiger partial charge in [0.2, 0.25) is 5.91 Å². The van der Waals surface area contributed by atoms with E-state index in [0.29, 0.717) is 51.4 Å². The van der Waals surface area contributed by atoms with Crippen molar-refractivity contribution in [2.24, 2.45) is 5.73 Å². The molecule has 2 aliphatic heterocycles. The molecule has 0 atom stereocenters. The second-order valence-corrected chi connectivity index (χ2v) is 7.26. The highest BCUT2D eigenvalue weighted by Gasteiger charge is 2.27. The van der Waals surface area contributed by atoms with Gasteiger partial charge in [-0.3, -0.25) is 14.5 Å². The van der Waals surface area contributed by atoms with Gasteiger partial charge in [-0.25, -0.2) is 4.98 Å². The summed E-state index contributed by atoms with van der Waals surface area (Å²) in [7, 11) is 0. The maximum atomic E-state index is 12.5. The summed E-state index contributed by atoms with van der Waals surface area (Å²) in [4.78, 5) is 35.1. The number of carbonyl (C=O) groups is 2. The van der Waals surface area contributed by atoms with E-state index in [1.54, 1.807) is 10.3 Å². The van der Waals surface area contributed by atoms with Gasteiger partial charge < -0.3 is 15.5 Å². The Labute approximate surface area is 146 Å². The van der Waals surface area contributed by atoms with E-state index in [-0.39, 0.29) is 11.8 Å². The van der Waals surface area contributed by atoms with Gasteiger partial charge in [0.25, 0.3) is 5.91 Å². The number of amides is 2. The van der Waals surface area contributed by atoms with E-state index in [4.69, 9.17) is 5.73 Å². The number of aromatic nitrogens is 1. The summed E-state index contributed by atoms with van der Waals surface area (Å²) < 4.78 is 0. The number of rotatable bonds is 5. The summed E-state index contributed by atoms with van der Waals surface area (Å²) in [6.45, 7) is 5.48. The van der Waals surface area contributed by atoms with Crippen molar-refractivity contribution in [3.05, 3.63) is 16.1 Å². The summed E-state index contributed by atoms with van der Waals surface area (Å²) in [6, 6.07) is 0. The Bertz CT molecular complexity index is 577. The fraction of sp³-hybridized carbons (Fsp3) is 0.688. The lowest BCUT2D eigenvalue weighted by atomic mass is 10.2. The standard InChI is InChI=1S/C16H25N5O2S/c17-4-3-14-18-13(12-24-14)16(23)21-9-7-20(8-10-21)15(22)11-19-5-1-2-6-19/h12H,1-11,17H2. The average Bonchev–Trinajstić information content (AvgIpc) is 3.27. The highest BCUT2D eigenvalue weighted by molar-refractivity contribution is 7.09. The Morgan fingerprint density at radius 1 is 1.08 bits per heavy atom. The van der Waals surface area contributed by atoms with E-state index < -0.39 is 0 Å². The van der Waals surface area contributed by atoms with Crippen molar-refractivity contribution in [2.45, 2.75) is 19.3 Å². The van der Waals surface area contributed by atoms with Crippen molar-refractivity contribution in [1.29, 1.82) is 0 Å². The van der Waals surface area contributed by atoms with Gasteiger partial charge in [-0.1, -0.05) is 0 Å². The van der Waals surface area contributed by atoms with Crippen LogP contribution in [0.4, 0.5) is 0 Å². The van der Waals surface area contributed by atoms with Crippen molar-refractivity contribution < 1.29 is 9.59 Å². The minimum atomic E-state index is -0.0406. The number of nitrogens with two attached hydrogens (primary N) is 1. The molecule has 0 saturated carbocycles. The molecule has 3 heterocycles. The molecular weight excluding hydrogens is 326 g/mol. The second-order valence-electron chi connectivity index (χ2n) is 6.32. The van der Waals surface area contributed by atoms with Crippen LogP contribution in [-0.4, -0.2) is 83.9 Å². The molecule has 1 aromatic rings. The first kappa shape index (κ1) is 17.3. The van der Waals surface area contributed by atoms with Gasteiger partial charge in [-0.2, -0.15) is 0 Å². The van der Waals surface area contributed by atoms with Crippen LogP contribution < -0.4 is 5.73 Å². The SMILES string of the molecule is NCCc1nc(C(=O)N2CCN(C(=O)CN3CCCC3)CC2)cs1. The lowest BCUT2D eigenvalue weighted by molar-refractivity contribution is -0.133. The number of carbonyl (C=O) groups excluding carboxylic acids is 2. The minimum Gasteiger partial charge on any atom is -0.338 e. The summed E-state index contributed by atoms with van der Waals surface area (Å²) in [5.74, 6) is 0.143. The summed E-state index contributed by atoms with van der Waals surface area (Å²) in [5.41, 5.74) is 6.02. The van der Waals surface area contributed by atoms with Crippen LogP contribution in [0, 0.1) is 0 Å². The molecule has 0 aromatic carbocycles. The zero-order chi connectivity index (χ0) is 16.9. The van der Waals surface area contributed by atoms with E-state index in [2.05, 4.69) is 9.88 Å². The fourth-order valence-corrected chi connectivity index (χ4v) is 3.99. The Hall–Kier alpha value is -1.51. The van der Waals surface area contributed by atoms with E-state index in [1.807, 2.05) is 4.90 Å². The quantitative estimate of drug-likeness (QED) is 0.809. The van der Waals surface area contributed by atoms with Crippen LogP contribution in [0.15, 0.2) is 5.38 Å². The third kappa shape index (κ3) is 4.12. The van der Waals surface area contributed by atoms with Crippen LogP contribution in [-0.2, 0) is 11.2 Å². The van der Waals surface area contributed by atoms with E-state index >= 15 is 0 Å². The monoisotopic (exact) mass is 351 g/mol. The third-order valence-corrected chi connectivity index (χ3v) is 5.51. The molecule has 0 spiro atoms. The number of nitrogens with zero attached hydrogens (tertiary/aromatic N) is 4. The molecule has 2 saturated heterocycles. The maximum absolute atomic E-state index is 12.5. The number of likely N-dealkylation sites (tertiary alicyclic amines) is 1. The Morgan fingerprint density at radius 2 is 1.75 bits per heavy atom. The summed E-state index contributed by atoms with van der Waals surface area (Å²) in [6.07, 6.45) is 3.08. The van der Waals surface area contributed by atoms with Crippen LogP contribution in [0.5, 0.6) is 0 Å². The van der Waals surface area contributed by atoms with Crippen LogP contribution in [0.25, 0.3) is 0 Å². The highest BCUT2D eigenvalue weighted by atomic mass is 32.1. The van der Waals surface area contributed by atoms with Gasteiger partial charge in [-0.05, 0) is 32.5 Å². The average molecular weight is 351 g/mol. The lowest BCUT2D eigenvalue weighted by Crippen LogP contribution is -2.52. The van der Waals surface area contributed by atoms with E-state index in [9.17, 15) is 9.59 Å². The van der Waals surface area contributed by atoms with Crippen molar-refractivity contribution in [3.63, 3.8) is 0 Å². The van der Waals surface area contributed by atoms with Crippen LogP contribution in [0.3, 0.4) is 0 Å². The minimum absolute atomic E-state index is 0.0406. The van der Waals surface area contributed by atoms with Crippen molar-refractivity contribution in [3.8, 4) is 0 Å². The Balaban J connectivity index is 1.48. The molecule has 2 fully saturated rings. The Morgan fingerprint density at radius 3 is 2.42 bits per heavy atom. The number of thiazole rings is 1. The number of hydrogen-bond donors (Lipinski definition) is 1. The Kier molecular flexibility index (Phi) is 5.80. The van der Waals surface area contributed by atoms with Gasteiger partial charge in [-0.15, -0.1) is 11.3 Å². The second kappa shape index (κ2) is 8.04. The molecule has 3 rings (SSSR count). The van der Waals surface area contributed by atoms with Crippen LogP contribution in [0.2, 0.25) is 0 Å². The van der Waals surface area contributed by atoms with E-state index in [1.165, 1.54) is 24.2 Å². The van der Waals surface area contributed by atoms with Crippen LogP contribution in [0.1, 0.15) is 28.3 Å². The fourth-order valence-electron chi connectivity index (χ4n) is 3.20. The molecule has 0 unspecified atom stereocenters. The molecule has 0 aliphatic carbocycles. The first-order valence-corrected chi connectivity index (χ1v) is 9.49. The third-order valence-electron chi connectivity index (χ3n) is 4.61. The first-order valence-electron chi connectivity index (χ1n) is 8.61. The van der Waals surface area contributed by atoms with Crippen LogP contribution >= 0.6 is 11.3 Å². The lowest BCUT2D eigenvalue weighted by Gasteiger charge is -2.35. The predicted molar refractivity (Wildman–Crippen MR) is 93.0 cm³/mol. The molecule has 132 valence electrons. The smallest absolute Gasteiger partial charge is 0.273 e. The zero-order valence-corrected chi connectivity index (χ0v) is 14.8. The van der Waals surface area contributed by atoms with Crippen molar-refractivity contribution in [1.82, 2.24) is 19.7 Å².